The van der Waals surface area contributed by atoms with Crippen molar-refractivity contribution in [3.8, 4) is 0 Å². The van der Waals surface area contributed by atoms with Crippen molar-refractivity contribution < 1.29 is 9.59 Å². The van der Waals surface area contributed by atoms with Crippen LogP contribution in [-0.2, 0) is 9.59 Å². The van der Waals surface area contributed by atoms with Crippen LogP contribution in [0.1, 0.15) is 24.2 Å². The average molecular weight is 375 g/mol. The summed E-state index contributed by atoms with van der Waals surface area (Å²) in [7, 11) is 1.78. The molecule has 2 amide bonds. The first kappa shape index (κ1) is 17.8. The van der Waals surface area contributed by atoms with Gasteiger partial charge in [-0.3, -0.25) is 9.59 Å². The van der Waals surface area contributed by atoms with Crippen molar-refractivity contribution >= 4 is 40.3 Å². The second-order valence-corrected chi connectivity index (χ2v) is 6.84. The van der Waals surface area contributed by atoms with Gasteiger partial charge in [-0.2, -0.15) is 0 Å². The van der Waals surface area contributed by atoms with E-state index in [1.54, 1.807) is 30.3 Å². The third-order valence-electron chi connectivity index (χ3n) is 4.95. The Morgan fingerprint density at radius 1 is 1.29 bits per heavy atom. The summed E-state index contributed by atoms with van der Waals surface area (Å²) in [5, 5.41) is 6.83. The van der Waals surface area contributed by atoms with Crippen LogP contribution in [0, 0.1) is 0 Å². The molecule has 1 atom stereocenters. The van der Waals surface area contributed by atoms with E-state index in [0.29, 0.717) is 11.5 Å². The molecule has 3 N–H and O–H groups in total. The van der Waals surface area contributed by atoms with Crippen LogP contribution in [0.4, 0.5) is 11.5 Å². The lowest BCUT2D eigenvalue weighted by Gasteiger charge is -2.23. The van der Waals surface area contributed by atoms with Gasteiger partial charge in [0.2, 0.25) is 11.8 Å². The molecule has 0 aliphatic carbocycles. The average Bonchev–Trinajstić information content (AvgIpc) is 3.14. The number of pyridine rings is 1. The quantitative estimate of drug-likeness (QED) is 0.611. The third kappa shape index (κ3) is 3.46. The summed E-state index contributed by atoms with van der Waals surface area (Å²) in [6, 6.07) is 11.8. The van der Waals surface area contributed by atoms with Gasteiger partial charge in [0.05, 0.1) is 18.3 Å². The summed E-state index contributed by atoms with van der Waals surface area (Å²) in [6.07, 6.45) is 4.87. The Morgan fingerprint density at radius 2 is 2.11 bits per heavy atom. The molecule has 1 aromatic carbocycles. The highest BCUT2D eigenvalue weighted by atomic mass is 16.2. The molecule has 0 spiro atoms. The number of hydrogen-bond acceptors (Lipinski definition) is 4. The molecular formula is C21H21N5O2. The fourth-order valence-corrected chi connectivity index (χ4v) is 3.17. The molecule has 1 unspecified atom stereocenters. The summed E-state index contributed by atoms with van der Waals surface area (Å²) < 4.78 is 0. The van der Waals surface area contributed by atoms with Crippen LogP contribution in [-0.4, -0.2) is 40.3 Å². The van der Waals surface area contributed by atoms with Crippen molar-refractivity contribution in [1.82, 2.24) is 14.9 Å². The third-order valence-corrected chi connectivity index (χ3v) is 4.95. The van der Waals surface area contributed by atoms with Gasteiger partial charge >= 0.3 is 0 Å². The molecule has 4 rings (SSSR count). The second-order valence-electron chi connectivity index (χ2n) is 6.84. The van der Waals surface area contributed by atoms with Gasteiger partial charge < -0.3 is 20.5 Å². The number of benzene rings is 1. The SMILES string of the molecule is CC(c1cc2ccccc2[nH]1)N(C)C(=O)/C=C/c1cnc2c(c1)NC(=O)CN2. The van der Waals surface area contributed by atoms with Gasteiger partial charge in [0.1, 0.15) is 5.82 Å². The zero-order valence-electron chi connectivity index (χ0n) is 15.7. The highest BCUT2D eigenvalue weighted by Gasteiger charge is 2.18. The molecule has 2 aromatic heterocycles. The second kappa shape index (κ2) is 7.19. The van der Waals surface area contributed by atoms with E-state index in [4.69, 9.17) is 0 Å². The predicted octanol–water partition coefficient (Wildman–Crippen LogP) is 3.16. The van der Waals surface area contributed by atoms with Crippen molar-refractivity contribution in [3.63, 3.8) is 0 Å². The molecule has 0 fully saturated rings. The smallest absolute Gasteiger partial charge is 0.246 e. The summed E-state index contributed by atoms with van der Waals surface area (Å²) >= 11 is 0. The predicted molar refractivity (Wildman–Crippen MR) is 110 cm³/mol. The molecule has 0 saturated carbocycles. The fraction of sp³-hybridized carbons (Fsp3) is 0.190. The van der Waals surface area contributed by atoms with Crippen molar-refractivity contribution in [1.29, 1.82) is 0 Å². The number of carbonyl (C=O) groups excluding carboxylic acids is 2. The monoisotopic (exact) mass is 375 g/mol. The van der Waals surface area contributed by atoms with Gasteiger partial charge in [0.25, 0.3) is 0 Å². The minimum atomic E-state index is -0.119. The Bertz CT molecular complexity index is 1050. The van der Waals surface area contributed by atoms with E-state index < -0.39 is 0 Å². The topological polar surface area (TPSA) is 90.1 Å². The summed E-state index contributed by atoms with van der Waals surface area (Å²) in [4.78, 5) is 33.4. The molecular weight excluding hydrogens is 354 g/mol. The van der Waals surface area contributed by atoms with Crippen LogP contribution in [0.25, 0.3) is 17.0 Å². The van der Waals surface area contributed by atoms with E-state index in [1.165, 1.54) is 6.08 Å². The van der Waals surface area contributed by atoms with Crippen molar-refractivity contribution in [2.45, 2.75) is 13.0 Å². The minimum Gasteiger partial charge on any atom is -0.359 e. The molecule has 1 aliphatic rings. The van der Waals surface area contributed by atoms with Crippen molar-refractivity contribution in [3.05, 3.63) is 59.9 Å². The number of nitrogens with zero attached hydrogens (tertiary/aromatic N) is 2. The maximum absolute atomic E-state index is 12.6. The van der Waals surface area contributed by atoms with Gasteiger partial charge in [-0.15, -0.1) is 0 Å². The lowest BCUT2D eigenvalue weighted by Crippen LogP contribution is -2.28. The number of hydrogen-bond donors (Lipinski definition) is 3. The van der Waals surface area contributed by atoms with E-state index in [0.717, 1.165) is 22.2 Å². The van der Waals surface area contributed by atoms with Crippen LogP contribution < -0.4 is 10.6 Å². The summed E-state index contributed by atoms with van der Waals surface area (Å²) in [6.45, 7) is 2.20. The fourth-order valence-electron chi connectivity index (χ4n) is 3.17. The number of para-hydroxylation sites is 1. The van der Waals surface area contributed by atoms with Crippen LogP contribution in [0.15, 0.2) is 48.7 Å². The molecule has 7 nitrogen and oxygen atoms in total. The number of aromatic amines is 1. The largest absolute Gasteiger partial charge is 0.359 e. The Labute approximate surface area is 162 Å². The number of anilines is 2. The zero-order valence-corrected chi connectivity index (χ0v) is 15.7. The molecule has 7 heteroatoms. The van der Waals surface area contributed by atoms with Gasteiger partial charge in [0, 0.05) is 30.5 Å². The number of H-pyrrole nitrogens is 1. The van der Waals surface area contributed by atoms with Gasteiger partial charge in [0.15, 0.2) is 0 Å². The standard InChI is InChI=1S/C21H21N5O2/c1-13(17-10-15-5-3-4-6-16(15)24-17)26(2)20(28)8-7-14-9-18-21(22-11-14)23-12-19(27)25-18/h3-11,13,24H,12H2,1-2H3,(H,22,23)(H,25,27)/b8-7+. The highest BCUT2D eigenvalue weighted by Crippen LogP contribution is 2.25. The lowest BCUT2D eigenvalue weighted by atomic mass is 10.2. The molecule has 0 bridgehead atoms. The Hall–Kier alpha value is -3.61. The van der Waals surface area contributed by atoms with Crippen molar-refractivity contribution in [2.24, 2.45) is 0 Å². The number of carbonyl (C=O) groups is 2. The summed E-state index contributed by atoms with van der Waals surface area (Å²) in [5.41, 5.74) is 3.39. The number of fused-ring (bicyclic) bond motifs is 2. The van der Waals surface area contributed by atoms with Gasteiger partial charge in [-0.25, -0.2) is 4.98 Å². The number of nitrogens with one attached hydrogen (secondary N) is 3. The van der Waals surface area contributed by atoms with Crippen LogP contribution in [0.5, 0.6) is 0 Å². The number of likely N-dealkylation sites (N-methyl/N-ethyl adjacent to an activating group) is 1. The Morgan fingerprint density at radius 3 is 2.93 bits per heavy atom. The molecule has 1 aliphatic heterocycles. The molecule has 0 saturated heterocycles. The number of amides is 2. The van der Waals surface area contributed by atoms with Gasteiger partial charge in [-0.05, 0) is 42.1 Å². The van der Waals surface area contributed by atoms with Crippen LogP contribution in [0.3, 0.4) is 0 Å². The first-order chi connectivity index (χ1) is 13.5. The first-order valence-electron chi connectivity index (χ1n) is 9.07. The number of rotatable bonds is 4. The molecule has 3 aromatic rings. The van der Waals surface area contributed by atoms with E-state index in [1.807, 2.05) is 31.2 Å². The highest BCUT2D eigenvalue weighted by molar-refractivity contribution is 6.00. The van der Waals surface area contributed by atoms with Crippen molar-refractivity contribution in [2.75, 3.05) is 24.2 Å². The van der Waals surface area contributed by atoms with Crippen LogP contribution in [0.2, 0.25) is 0 Å². The van der Waals surface area contributed by atoms with Crippen LogP contribution >= 0.6 is 0 Å². The molecule has 0 radical (unpaired) electrons. The maximum atomic E-state index is 12.6. The lowest BCUT2D eigenvalue weighted by molar-refractivity contribution is -0.126. The van der Waals surface area contributed by atoms with Gasteiger partial charge in [-0.1, -0.05) is 18.2 Å². The molecule has 3 heterocycles. The minimum absolute atomic E-state index is 0.102. The molecule has 28 heavy (non-hydrogen) atoms. The van der Waals surface area contributed by atoms with E-state index >= 15 is 0 Å². The van der Waals surface area contributed by atoms with E-state index in [9.17, 15) is 9.59 Å². The Balaban J connectivity index is 1.48. The first-order valence-corrected chi connectivity index (χ1v) is 9.07. The maximum Gasteiger partial charge on any atom is 0.246 e. The normalized spacial score (nSPS) is 14.4. The van der Waals surface area contributed by atoms with E-state index in [2.05, 4.69) is 26.7 Å². The number of aromatic nitrogens is 2. The summed E-state index contributed by atoms with van der Waals surface area (Å²) in [5.74, 6) is 0.400. The molecule has 142 valence electrons. The van der Waals surface area contributed by atoms with E-state index in [-0.39, 0.29) is 24.4 Å². The Kier molecular flexibility index (Phi) is 4.57. The zero-order chi connectivity index (χ0) is 19.7.